The Morgan fingerprint density at radius 1 is 0.852 bits per heavy atom. The number of carbonyl (C=O) groups is 1. The normalized spacial score (nSPS) is 13.9. The molecule has 54 heavy (non-hydrogen) atoms. The standard InChI is InChI=1S/C35H37N2S.C13H24O2.Ir/c1-33(2,3)18-21-13-22(19-34(4,5)6)15-25(14-21)31-29-28-30(36-20-37-32(28)38-31)26-16-23-11-9-10-12-24(23)17-27(26)35(29,7)8;1-5-10(6-2)12(14)9-13(15)11(7-3)8-4;/h9-15,17,20H,18-19H2,1-8H3;9-11,14H,5-8H2,1-4H3;/q-1;;/b;12-9-;. The first-order chi connectivity index (χ1) is 24.9. The number of allylic oxidation sites excluding steroid dienone is 2. The summed E-state index contributed by atoms with van der Waals surface area (Å²) in [6.45, 7) is 26.8. The van der Waals surface area contributed by atoms with Gasteiger partial charge in [-0.3, -0.25) is 9.78 Å². The van der Waals surface area contributed by atoms with Crippen LogP contribution >= 0.6 is 11.3 Å². The number of aromatic nitrogens is 2. The van der Waals surface area contributed by atoms with E-state index in [1.54, 1.807) is 6.33 Å². The van der Waals surface area contributed by atoms with Gasteiger partial charge in [-0.25, -0.2) is 4.98 Å². The quantitative estimate of drug-likeness (QED) is 0.0861. The zero-order valence-corrected chi connectivity index (χ0v) is 37.9. The molecule has 4 nitrogen and oxygen atoms in total. The molecule has 291 valence electrons. The molecule has 0 saturated heterocycles. The molecule has 2 heterocycles. The van der Waals surface area contributed by atoms with Gasteiger partial charge in [0, 0.05) is 54.0 Å². The van der Waals surface area contributed by atoms with Crippen molar-refractivity contribution >= 4 is 38.1 Å². The summed E-state index contributed by atoms with van der Waals surface area (Å²) in [5, 5.41) is 13.3. The van der Waals surface area contributed by atoms with Gasteiger partial charge in [-0.2, -0.15) is 0 Å². The van der Waals surface area contributed by atoms with Crippen LogP contribution in [0.5, 0.6) is 0 Å². The molecule has 2 aromatic heterocycles. The number of thiophene rings is 1. The maximum atomic E-state index is 11.7. The van der Waals surface area contributed by atoms with Gasteiger partial charge in [0.05, 0.1) is 5.76 Å². The number of hydrogen-bond acceptors (Lipinski definition) is 5. The fourth-order valence-corrected chi connectivity index (χ4v) is 9.29. The van der Waals surface area contributed by atoms with Gasteiger partial charge in [0.1, 0.15) is 11.2 Å². The van der Waals surface area contributed by atoms with Crippen molar-refractivity contribution in [1.82, 2.24) is 9.97 Å². The topological polar surface area (TPSA) is 63.1 Å². The predicted molar refractivity (Wildman–Crippen MR) is 227 cm³/mol. The average molecular weight is 922 g/mol. The third-order valence-corrected chi connectivity index (χ3v) is 11.8. The first-order valence-corrected chi connectivity index (χ1v) is 20.5. The Balaban J connectivity index is 0.000000347. The summed E-state index contributed by atoms with van der Waals surface area (Å²) >= 11 is 1.82. The van der Waals surface area contributed by atoms with E-state index in [2.05, 4.69) is 110 Å². The molecule has 1 aliphatic rings. The first-order valence-electron chi connectivity index (χ1n) is 19.7. The summed E-state index contributed by atoms with van der Waals surface area (Å²) in [5.41, 5.74) is 9.18. The molecule has 3 aromatic carbocycles. The van der Waals surface area contributed by atoms with Crippen molar-refractivity contribution < 1.29 is 30.0 Å². The maximum Gasteiger partial charge on any atom is 0.162 e. The van der Waals surface area contributed by atoms with Gasteiger partial charge in [0.25, 0.3) is 0 Å². The summed E-state index contributed by atoms with van der Waals surface area (Å²) in [6, 6.07) is 21.9. The molecule has 1 radical (unpaired) electrons. The Morgan fingerprint density at radius 2 is 1.43 bits per heavy atom. The van der Waals surface area contributed by atoms with Gasteiger partial charge in [-0.05, 0) is 77.0 Å². The molecule has 0 saturated carbocycles. The number of ketones is 1. The SMILES string of the molecule is CC(C)(C)Cc1cc(CC(C)(C)C)cc(-c2sc3ncnc4c3c2C(C)(C)c2cc3ccccc3[c-]c2-4)c1.CCC(CC)C(=O)/C=C(\O)C(CC)CC.[Ir]. The molecular weight excluding hydrogens is 861 g/mol. The van der Waals surface area contributed by atoms with Gasteiger partial charge >= 0.3 is 0 Å². The predicted octanol–water partition coefficient (Wildman–Crippen LogP) is 13.7. The summed E-state index contributed by atoms with van der Waals surface area (Å²) in [4.78, 5) is 23.8. The zero-order chi connectivity index (χ0) is 38.9. The van der Waals surface area contributed by atoms with Crippen LogP contribution in [0.25, 0.3) is 42.7 Å². The van der Waals surface area contributed by atoms with Crippen molar-refractivity contribution in [2.45, 2.75) is 127 Å². The molecule has 0 spiro atoms. The van der Waals surface area contributed by atoms with Crippen molar-refractivity contribution in [3.05, 3.63) is 95.0 Å². The van der Waals surface area contributed by atoms with E-state index in [4.69, 9.17) is 9.97 Å². The van der Waals surface area contributed by atoms with E-state index in [0.29, 0.717) is 0 Å². The number of nitrogens with zero attached hydrogens (tertiary/aromatic N) is 2. The summed E-state index contributed by atoms with van der Waals surface area (Å²) < 4.78 is 0. The third kappa shape index (κ3) is 9.60. The second-order valence-electron chi connectivity index (χ2n) is 18.0. The van der Waals surface area contributed by atoms with Crippen molar-refractivity contribution in [2.24, 2.45) is 22.7 Å². The van der Waals surface area contributed by atoms with Crippen LogP contribution in [0.3, 0.4) is 0 Å². The van der Waals surface area contributed by atoms with Crippen LogP contribution in [-0.2, 0) is 43.2 Å². The van der Waals surface area contributed by atoms with Gasteiger partial charge in [0.15, 0.2) is 5.78 Å². The Morgan fingerprint density at radius 3 is 1.98 bits per heavy atom. The minimum atomic E-state index is -0.203. The van der Waals surface area contributed by atoms with Crippen LogP contribution in [0.1, 0.15) is 131 Å². The maximum absolute atomic E-state index is 11.7. The minimum Gasteiger partial charge on any atom is -0.512 e. The Labute approximate surface area is 342 Å². The summed E-state index contributed by atoms with van der Waals surface area (Å²) in [6.07, 6.45) is 8.74. The number of fused-ring (bicyclic) bond motifs is 3. The first kappa shape index (κ1) is 43.5. The fourth-order valence-electron chi connectivity index (χ4n) is 8.01. The van der Waals surface area contributed by atoms with E-state index in [0.717, 1.165) is 60.0 Å². The zero-order valence-electron chi connectivity index (χ0n) is 34.7. The Kier molecular flexibility index (Phi) is 14.0. The molecule has 0 fully saturated rings. The van der Waals surface area contributed by atoms with Gasteiger partial charge in [0.2, 0.25) is 0 Å². The van der Waals surface area contributed by atoms with Crippen molar-refractivity contribution in [3.8, 4) is 21.7 Å². The second kappa shape index (κ2) is 17.3. The molecule has 0 amide bonds. The van der Waals surface area contributed by atoms with Crippen LogP contribution in [-0.4, -0.2) is 20.9 Å². The monoisotopic (exact) mass is 922 g/mol. The minimum absolute atomic E-state index is 0. The Bertz CT molecular complexity index is 2090. The van der Waals surface area contributed by atoms with Crippen molar-refractivity contribution in [1.29, 1.82) is 0 Å². The third-order valence-electron chi connectivity index (χ3n) is 10.7. The van der Waals surface area contributed by atoms with Gasteiger partial charge in [-0.15, -0.1) is 34.9 Å². The smallest absolute Gasteiger partial charge is 0.162 e. The van der Waals surface area contributed by atoms with Crippen molar-refractivity contribution in [2.75, 3.05) is 0 Å². The van der Waals surface area contributed by atoms with E-state index >= 15 is 0 Å². The van der Waals surface area contributed by atoms with Crippen LogP contribution in [0.2, 0.25) is 0 Å². The molecule has 6 heteroatoms. The van der Waals surface area contributed by atoms with E-state index in [-0.39, 0.29) is 59.7 Å². The van der Waals surface area contributed by atoms with E-state index < -0.39 is 0 Å². The number of rotatable bonds is 10. The largest absolute Gasteiger partial charge is 0.512 e. The van der Waals surface area contributed by atoms with E-state index in [1.165, 1.54) is 49.5 Å². The number of aliphatic hydroxyl groups is 1. The van der Waals surface area contributed by atoms with Crippen LogP contribution in [0.4, 0.5) is 0 Å². The van der Waals surface area contributed by atoms with E-state index in [9.17, 15) is 9.90 Å². The molecular formula is C48H61IrN2O2S-. The van der Waals surface area contributed by atoms with Gasteiger partial charge < -0.3 is 5.11 Å². The van der Waals surface area contributed by atoms with Gasteiger partial charge in [-0.1, -0.05) is 136 Å². The molecule has 0 aliphatic heterocycles. The number of benzene rings is 3. The molecule has 0 unspecified atom stereocenters. The number of carbonyl (C=O) groups excluding carboxylic acids is 1. The van der Waals surface area contributed by atoms with Crippen molar-refractivity contribution in [3.63, 3.8) is 0 Å². The molecule has 0 bridgehead atoms. The molecule has 6 rings (SSSR count). The Hall–Kier alpha value is -3.18. The van der Waals surface area contributed by atoms with Crippen LogP contribution < -0.4 is 0 Å². The summed E-state index contributed by atoms with van der Waals surface area (Å²) in [5.74, 6) is 0.547. The molecule has 5 aromatic rings. The second-order valence-corrected chi connectivity index (χ2v) is 19.0. The number of hydrogen-bond donors (Lipinski definition) is 1. The van der Waals surface area contributed by atoms with Crippen LogP contribution in [0.15, 0.2) is 66.7 Å². The number of aliphatic hydroxyl groups excluding tert-OH is 1. The molecule has 0 atom stereocenters. The average Bonchev–Trinajstić information content (AvgIpc) is 3.48. The molecule has 1 aliphatic carbocycles. The summed E-state index contributed by atoms with van der Waals surface area (Å²) in [7, 11) is 0. The van der Waals surface area contributed by atoms with Crippen LogP contribution in [0, 0.1) is 28.7 Å². The van der Waals surface area contributed by atoms with E-state index in [1.807, 2.05) is 39.0 Å². The fraction of sp³-hybridized carbons (Fsp3) is 0.479. The molecule has 1 N–H and O–H groups in total.